The second-order valence-corrected chi connectivity index (χ2v) is 5.22. The van der Waals surface area contributed by atoms with E-state index in [0.717, 1.165) is 25.7 Å². The van der Waals surface area contributed by atoms with E-state index in [2.05, 4.69) is 42.4 Å². The summed E-state index contributed by atoms with van der Waals surface area (Å²) >= 11 is 0. The van der Waals surface area contributed by atoms with Crippen LogP contribution in [0.25, 0.3) is 0 Å². The molecule has 2 aromatic rings. The maximum Gasteiger partial charge on any atom is 0.0492 e. The molecule has 1 unspecified atom stereocenters. The number of benzene rings is 1. The number of aryl methyl sites for hydroxylation is 2. The van der Waals surface area contributed by atoms with Crippen LogP contribution in [0.4, 0.5) is 0 Å². The Morgan fingerprint density at radius 2 is 1.89 bits per heavy atom. The lowest BCUT2D eigenvalue weighted by Gasteiger charge is -2.30. The van der Waals surface area contributed by atoms with Crippen LogP contribution in [0.1, 0.15) is 37.4 Å². The first kappa shape index (κ1) is 13.8. The summed E-state index contributed by atoms with van der Waals surface area (Å²) in [6, 6.07) is 12.5. The highest BCUT2D eigenvalue weighted by molar-refractivity contribution is 5.24. The van der Waals surface area contributed by atoms with Gasteiger partial charge in [-0.1, -0.05) is 43.7 Å². The number of hydrogen-bond acceptors (Lipinski definition) is 2. The molecule has 3 nitrogen and oxygen atoms in total. The van der Waals surface area contributed by atoms with Gasteiger partial charge in [0, 0.05) is 24.5 Å². The molecule has 0 saturated heterocycles. The molecule has 102 valence electrons. The van der Waals surface area contributed by atoms with Gasteiger partial charge >= 0.3 is 0 Å². The number of aromatic nitrogens is 2. The quantitative estimate of drug-likeness (QED) is 0.864. The Bertz CT molecular complexity index is 504. The predicted octanol–water partition coefficient (Wildman–Crippen LogP) is 3.01. The molecular formula is C16H23N3. The molecular weight excluding hydrogens is 234 g/mol. The van der Waals surface area contributed by atoms with E-state index in [1.165, 1.54) is 11.3 Å². The van der Waals surface area contributed by atoms with Crippen LogP contribution < -0.4 is 5.73 Å². The van der Waals surface area contributed by atoms with Crippen molar-refractivity contribution in [3.8, 4) is 0 Å². The molecule has 0 fully saturated rings. The van der Waals surface area contributed by atoms with E-state index in [1.54, 1.807) is 0 Å². The van der Waals surface area contributed by atoms with Crippen LogP contribution in [0.2, 0.25) is 0 Å². The third-order valence-corrected chi connectivity index (χ3v) is 3.79. The minimum Gasteiger partial charge on any atom is -0.321 e. The van der Waals surface area contributed by atoms with Gasteiger partial charge in [-0.25, -0.2) is 0 Å². The molecule has 0 aliphatic heterocycles. The molecule has 0 radical (unpaired) electrons. The van der Waals surface area contributed by atoms with Gasteiger partial charge in [0.15, 0.2) is 0 Å². The standard InChI is InChI=1S/C16H23N3/c1-3-11-16(17,14-7-5-4-6-8-14)12-9-15-10-13-18-19(15)2/h4-8,10,13H,3,9,11-12,17H2,1-2H3. The lowest BCUT2D eigenvalue weighted by Crippen LogP contribution is -2.37. The minimum atomic E-state index is -0.236. The molecule has 0 spiro atoms. The van der Waals surface area contributed by atoms with Gasteiger partial charge in [-0.2, -0.15) is 5.10 Å². The molecule has 2 N–H and O–H groups in total. The fourth-order valence-corrected chi connectivity index (χ4v) is 2.63. The van der Waals surface area contributed by atoms with E-state index in [9.17, 15) is 0 Å². The Morgan fingerprint density at radius 3 is 2.47 bits per heavy atom. The van der Waals surface area contributed by atoms with E-state index in [0.29, 0.717) is 0 Å². The molecule has 0 bridgehead atoms. The van der Waals surface area contributed by atoms with Gasteiger partial charge in [0.05, 0.1) is 0 Å². The number of rotatable bonds is 6. The fourth-order valence-electron chi connectivity index (χ4n) is 2.63. The summed E-state index contributed by atoms with van der Waals surface area (Å²) in [5.41, 5.74) is 8.90. The highest BCUT2D eigenvalue weighted by atomic mass is 15.2. The first-order valence-corrected chi connectivity index (χ1v) is 6.97. The molecule has 1 aromatic carbocycles. The first-order chi connectivity index (χ1) is 9.15. The molecule has 0 aliphatic rings. The first-order valence-electron chi connectivity index (χ1n) is 6.97. The molecule has 3 heteroatoms. The summed E-state index contributed by atoms with van der Waals surface area (Å²) in [6.07, 6.45) is 5.85. The van der Waals surface area contributed by atoms with Crippen molar-refractivity contribution < 1.29 is 0 Å². The van der Waals surface area contributed by atoms with Crippen LogP contribution in [0.3, 0.4) is 0 Å². The molecule has 1 atom stereocenters. The van der Waals surface area contributed by atoms with Gasteiger partial charge in [0.2, 0.25) is 0 Å². The van der Waals surface area contributed by atoms with Crippen molar-refractivity contribution in [1.82, 2.24) is 9.78 Å². The van der Waals surface area contributed by atoms with Crippen molar-refractivity contribution in [3.63, 3.8) is 0 Å². The molecule has 0 saturated carbocycles. The highest BCUT2D eigenvalue weighted by Gasteiger charge is 2.26. The Hall–Kier alpha value is -1.61. The molecule has 0 aliphatic carbocycles. The second-order valence-electron chi connectivity index (χ2n) is 5.22. The van der Waals surface area contributed by atoms with Gasteiger partial charge < -0.3 is 5.73 Å². The summed E-state index contributed by atoms with van der Waals surface area (Å²) in [6.45, 7) is 2.19. The summed E-state index contributed by atoms with van der Waals surface area (Å²) in [7, 11) is 1.98. The Kier molecular flexibility index (Phi) is 4.38. The van der Waals surface area contributed by atoms with Crippen molar-refractivity contribution in [2.75, 3.05) is 0 Å². The molecule has 2 rings (SSSR count). The van der Waals surface area contributed by atoms with E-state index >= 15 is 0 Å². The van der Waals surface area contributed by atoms with Crippen molar-refractivity contribution in [3.05, 3.63) is 53.9 Å². The Balaban J connectivity index is 2.14. The SMILES string of the molecule is CCCC(N)(CCc1ccnn1C)c1ccccc1. The number of hydrogen-bond donors (Lipinski definition) is 1. The molecule has 19 heavy (non-hydrogen) atoms. The third kappa shape index (κ3) is 3.24. The maximum atomic E-state index is 6.67. The fraction of sp³-hybridized carbons (Fsp3) is 0.438. The second kappa shape index (κ2) is 6.02. The van der Waals surface area contributed by atoms with Gasteiger partial charge in [0.1, 0.15) is 0 Å². The van der Waals surface area contributed by atoms with E-state index in [1.807, 2.05) is 24.0 Å². The predicted molar refractivity (Wildman–Crippen MR) is 78.7 cm³/mol. The van der Waals surface area contributed by atoms with E-state index in [-0.39, 0.29) is 5.54 Å². The van der Waals surface area contributed by atoms with Gasteiger partial charge in [0.25, 0.3) is 0 Å². The molecule has 1 heterocycles. The topological polar surface area (TPSA) is 43.8 Å². The lowest BCUT2D eigenvalue weighted by molar-refractivity contribution is 0.370. The molecule has 0 amide bonds. The van der Waals surface area contributed by atoms with Crippen LogP contribution in [0.15, 0.2) is 42.6 Å². The zero-order chi connectivity index (χ0) is 13.7. The summed E-state index contributed by atoms with van der Waals surface area (Å²) < 4.78 is 1.93. The van der Waals surface area contributed by atoms with E-state index < -0.39 is 0 Å². The Morgan fingerprint density at radius 1 is 1.16 bits per heavy atom. The van der Waals surface area contributed by atoms with Crippen LogP contribution in [0, 0.1) is 0 Å². The Labute approximate surface area is 115 Å². The zero-order valence-corrected chi connectivity index (χ0v) is 11.8. The van der Waals surface area contributed by atoms with Crippen molar-refractivity contribution >= 4 is 0 Å². The monoisotopic (exact) mass is 257 g/mol. The van der Waals surface area contributed by atoms with Crippen molar-refractivity contribution in [2.45, 2.75) is 38.1 Å². The van der Waals surface area contributed by atoms with Crippen molar-refractivity contribution in [1.29, 1.82) is 0 Å². The zero-order valence-electron chi connectivity index (χ0n) is 11.8. The van der Waals surface area contributed by atoms with Crippen LogP contribution in [0.5, 0.6) is 0 Å². The van der Waals surface area contributed by atoms with Gasteiger partial charge in [-0.15, -0.1) is 0 Å². The maximum absolute atomic E-state index is 6.67. The normalized spacial score (nSPS) is 14.3. The van der Waals surface area contributed by atoms with Crippen LogP contribution in [-0.2, 0) is 19.0 Å². The van der Waals surface area contributed by atoms with Crippen LogP contribution >= 0.6 is 0 Å². The number of nitrogens with two attached hydrogens (primary N) is 1. The average Bonchev–Trinajstić information content (AvgIpc) is 2.83. The van der Waals surface area contributed by atoms with Gasteiger partial charge in [-0.3, -0.25) is 4.68 Å². The number of nitrogens with zero attached hydrogens (tertiary/aromatic N) is 2. The van der Waals surface area contributed by atoms with Gasteiger partial charge in [-0.05, 0) is 30.9 Å². The van der Waals surface area contributed by atoms with Crippen LogP contribution in [-0.4, -0.2) is 9.78 Å². The van der Waals surface area contributed by atoms with Crippen molar-refractivity contribution in [2.24, 2.45) is 12.8 Å². The summed E-state index contributed by atoms with van der Waals surface area (Å²) in [5.74, 6) is 0. The highest BCUT2D eigenvalue weighted by Crippen LogP contribution is 2.28. The third-order valence-electron chi connectivity index (χ3n) is 3.79. The smallest absolute Gasteiger partial charge is 0.0492 e. The molecule has 1 aromatic heterocycles. The summed E-state index contributed by atoms with van der Waals surface area (Å²) in [5, 5.41) is 4.21. The average molecular weight is 257 g/mol. The largest absolute Gasteiger partial charge is 0.321 e. The summed E-state index contributed by atoms with van der Waals surface area (Å²) in [4.78, 5) is 0. The van der Waals surface area contributed by atoms with E-state index in [4.69, 9.17) is 5.73 Å². The minimum absolute atomic E-state index is 0.236. The lowest BCUT2D eigenvalue weighted by atomic mass is 9.82.